The molecule has 2 rings (SSSR count). The number of alkyl halides is 2. The Bertz CT molecular complexity index is 802. The summed E-state index contributed by atoms with van der Waals surface area (Å²) in [6, 6.07) is 8.52. The number of rotatable bonds is 7. The largest absolute Gasteiger partial charge is 0.435 e. The molecule has 26 heavy (non-hydrogen) atoms. The number of nitrogens with zero attached hydrogens (tertiary/aromatic N) is 1. The van der Waals surface area contributed by atoms with Crippen LogP contribution in [0.2, 0.25) is 15.1 Å². The Labute approximate surface area is 162 Å². The summed E-state index contributed by atoms with van der Waals surface area (Å²) in [5.74, 6) is -0.487. The molecule has 10 heteroatoms. The molecule has 0 saturated carbocycles. The topological polar surface area (TPSA) is 59.9 Å². The van der Waals surface area contributed by atoms with Crippen molar-refractivity contribution < 1.29 is 23.1 Å². The van der Waals surface area contributed by atoms with E-state index in [1.807, 2.05) is 0 Å². The number of nitrogens with one attached hydrogen (secondary N) is 1. The maximum absolute atomic E-state index is 12.0. The molecule has 2 aromatic rings. The van der Waals surface area contributed by atoms with Crippen molar-refractivity contribution in [1.29, 1.82) is 0 Å². The third kappa shape index (κ3) is 6.33. The smallest absolute Gasteiger partial charge is 0.387 e. The number of ether oxygens (including phenoxy) is 1. The van der Waals surface area contributed by atoms with E-state index in [1.54, 1.807) is 0 Å². The molecule has 0 radical (unpaired) electrons. The minimum atomic E-state index is -2.89. The molecular weight excluding hydrogens is 413 g/mol. The predicted molar refractivity (Wildman–Crippen MR) is 96.7 cm³/mol. The zero-order valence-electron chi connectivity index (χ0n) is 12.9. The highest BCUT2D eigenvalue weighted by Gasteiger charge is 2.09. The average Bonchev–Trinajstić information content (AvgIpc) is 2.57. The summed E-state index contributed by atoms with van der Waals surface area (Å²) < 4.78 is 28.3. The minimum absolute atomic E-state index is 0.0240. The molecular formula is C16H11Cl3F2N2O3. The first-order valence-corrected chi connectivity index (χ1v) is 8.13. The van der Waals surface area contributed by atoms with Crippen LogP contribution in [0.3, 0.4) is 0 Å². The van der Waals surface area contributed by atoms with Crippen LogP contribution in [0.25, 0.3) is 0 Å². The normalized spacial score (nSPS) is 11.0. The Morgan fingerprint density at radius 1 is 1.12 bits per heavy atom. The summed E-state index contributed by atoms with van der Waals surface area (Å²) in [4.78, 5) is 16.7. The lowest BCUT2D eigenvalue weighted by molar-refractivity contribution is -0.120. The summed E-state index contributed by atoms with van der Waals surface area (Å²) in [6.45, 7) is -3.26. The van der Waals surface area contributed by atoms with Gasteiger partial charge in [-0.2, -0.15) is 8.78 Å². The van der Waals surface area contributed by atoms with Crippen molar-refractivity contribution in [2.24, 2.45) is 5.16 Å². The van der Waals surface area contributed by atoms with Crippen LogP contribution in [0, 0.1) is 0 Å². The van der Waals surface area contributed by atoms with E-state index < -0.39 is 12.5 Å². The fourth-order valence-corrected chi connectivity index (χ4v) is 2.33. The third-order valence-electron chi connectivity index (χ3n) is 2.86. The van der Waals surface area contributed by atoms with E-state index in [0.29, 0.717) is 5.56 Å². The first-order valence-electron chi connectivity index (χ1n) is 7.00. The van der Waals surface area contributed by atoms with E-state index >= 15 is 0 Å². The van der Waals surface area contributed by atoms with Crippen molar-refractivity contribution in [3.63, 3.8) is 0 Å². The van der Waals surface area contributed by atoms with E-state index in [9.17, 15) is 13.6 Å². The van der Waals surface area contributed by atoms with E-state index in [-0.39, 0.29) is 33.1 Å². The third-order valence-corrected chi connectivity index (χ3v) is 3.90. The van der Waals surface area contributed by atoms with Crippen molar-refractivity contribution in [3.8, 4) is 5.75 Å². The van der Waals surface area contributed by atoms with Gasteiger partial charge in [-0.25, -0.2) is 0 Å². The molecule has 0 saturated heterocycles. The van der Waals surface area contributed by atoms with Crippen molar-refractivity contribution in [2.75, 3.05) is 11.9 Å². The number of anilines is 1. The Morgan fingerprint density at radius 3 is 2.42 bits per heavy atom. The van der Waals surface area contributed by atoms with Gasteiger partial charge < -0.3 is 14.9 Å². The van der Waals surface area contributed by atoms with Crippen LogP contribution < -0.4 is 10.1 Å². The van der Waals surface area contributed by atoms with Crippen LogP contribution in [-0.2, 0) is 9.63 Å². The first-order chi connectivity index (χ1) is 12.3. The van der Waals surface area contributed by atoms with Crippen molar-refractivity contribution in [1.82, 2.24) is 0 Å². The van der Waals surface area contributed by atoms with E-state index in [0.717, 1.165) is 0 Å². The second kappa shape index (κ2) is 9.56. The number of oxime groups is 1. The molecule has 5 nitrogen and oxygen atoms in total. The van der Waals surface area contributed by atoms with Gasteiger partial charge >= 0.3 is 6.61 Å². The Kier molecular flexibility index (Phi) is 7.44. The number of amides is 1. The van der Waals surface area contributed by atoms with Gasteiger partial charge in [0.25, 0.3) is 5.91 Å². The monoisotopic (exact) mass is 422 g/mol. The second-order valence-electron chi connectivity index (χ2n) is 4.75. The van der Waals surface area contributed by atoms with Gasteiger partial charge in [0.1, 0.15) is 5.75 Å². The highest BCUT2D eigenvalue weighted by Crippen LogP contribution is 2.32. The Balaban J connectivity index is 1.82. The molecule has 1 N–H and O–H groups in total. The lowest BCUT2D eigenvalue weighted by Crippen LogP contribution is -2.17. The fourth-order valence-electron chi connectivity index (χ4n) is 1.73. The molecule has 138 valence electrons. The molecule has 0 spiro atoms. The SMILES string of the molecule is O=C(CON=Cc1ccc(OC(F)F)cc1)Nc1cc(Cl)c(Cl)cc1Cl. The zero-order chi connectivity index (χ0) is 19.1. The lowest BCUT2D eigenvalue weighted by atomic mass is 10.2. The number of benzene rings is 2. The van der Waals surface area contributed by atoms with Crippen LogP contribution in [0.4, 0.5) is 14.5 Å². The molecule has 0 aromatic heterocycles. The maximum Gasteiger partial charge on any atom is 0.387 e. The Hall–Kier alpha value is -2.09. The Morgan fingerprint density at radius 2 is 1.77 bits per heavy atom. The second-order valence-corrected chi connectivity index (χ2v) is 5.97. The molecule has 0 fully saturated rings. The summed E-state index contributed by atoms with van der Waals surface area (Å²) in [7, 11) is 0. The number of hydrogen-bond donors (Lipinski definition) is 1. The minimum Gasteiger partial charge on any atom is -0.435 e. The van der Waals surface area contributed by atoms with Crippen molar-refractivity contribution >= 4 is 52.6 Å². The summed E-state index contributed by atoms with van der Waals surface area (Å²) in [5, 5.41) is 6.84. The molecule has 0 bridgehead atoms. The molecule has 0 aliphatic carbocycles. The summed E-state index contributed by atoms with van der Waals surface area (Å²) >= 11 is 17.6. The highest BCUT2D eigenvalue weighted by molar-refractivity contribution is 6.44. The molecule has 0 atom stereocenters. The maximum atomic E-state index is 12.0. The molecule has 0 aliphatic heterocycles. The van der Waals surface area contributed by atoms with E-state index in [4.69, 9.17) is 39.6 Å². The average molecular weight is 424 g/mol. The van der Waals surface area contributed by atoms with Crippen LogP contribution in [0.1, 0.15) is 5.56 Å². The molecule has 0 heterocycles. The van der Waals surface area contributed by atoms with Gasteiger partial charge in [0.2, 0.25) is 0 Å². The van der Waals surface area contributed by atoms with Crippen LogP contribution in [0.5, 0.6) is 5.75 Å². The molecule has 0 unspecified atom stereocenters. The van der Waals surface area contributed by atoms with Crippen LogP contribution >= 0.6 is 34.8 Å². The number of halogens is 5. The van der Waals surface area contributed by atoms with Crippen molar-refractivity contribution in [3.05, 3.63) is 57.0 Å². The number of hydrogen-bond acceptors (Lipinski definition) is 4. The van der Waals surface area contributed by atoms with Crippen LogP contribution in [-0.4, -0.2) is 25.3 Å². The zero-order valence-corrected chi connectivity index (χ0v) is 15.2. The quantitative estimate of drug-likeness (QED) is 0.376. The standard InChI is InChI=1S/C16H11Cl3F2N2O3/c17-11-5-13(19)14(6-12(11)18)23-15(24)8-25-22-7-9-1-3-10(4-2-9)26-16(20)21/h1-7,16H,8H2,(H,23,24). The van der Waals surface area contributed by atoms with Gasteiger partial charge in [0, 0.05) is 0 Å². The van der Waals surface area contributed by atoms with E-state index in [1.165, 1.54) is 42.6 Å². The van der Waals surface area contributed by atoms with Gasteiger partial charge in [-0.05, 0) is 42.0 Å². The number of carbonyl (C=O) groups is 1. The van der Waals surface area contributed by atoms with Gasteiger partial charge in [0.05, 0.1) is 27.0 Å². The molecule has 1 amide bonds. The first kappa shape index (κ1) is 20.2. The predicted octanol–water partition coefficient (Wildman–Crippen LogP) is 5.24. The number of carbonyl (C=O) groups excluding carboxylic acids is 1. The lowest BCUT2D eigenvalue weighted by Gasteiger charge is -2.08. The van der Waals surface area contributed by atoms with Gasteiger partial charge in [0.15, 0.2) is 6.61 Å². The fraction of sp³-hybridized carbons (Fsp3) is 0.125. The highest BCUT2D eigenvalue weighted by atomic mass is 35.5. The van der Waals surface area contributed by atoms with Gasteiger partial charge in [-0.3, -0.25) is 4.79 Å². The molecule has 0 aliphatic rings. The van der Waals surface area contributed by atoms with Gasteiger partial charge in [-0.1, -0.05) is 40.0 Å². The summed E-state index contributed by atoms with van der Waals surface area (Å²) in [6.07, 6.45) is 1.31. The van der Waals surface area contributed by atoms with Gasteiger partial charge in [-0.15, -0.1) is 0 Å². The van der Waals surface area contributed by atoms with E-state index in [2.05, 4.69) is 15.2 Å². The summed E-state index contributed by atoms with van der Waals surface area (Å²) in [5.41, 5.74) is 0.854. The van der Waals surface area contributed by atoms with Crippen molar-refractivity contribution in [2.45, 2.75) is 6.61 Å². The van der Waals surface area contributed by atoms with Crippen LogP contribution in [0.15, 0.2) is 41.6 Å². The molecule has 2 aromatic carbocycles.